The molecule has 4 amide bonds. The van der Waals surface area contributed by atoms with Crippen LogP contribution in [0.2, 0.25) is 0 Å². The molecular weight excluding hydrogens is 773 g/mol. The number of ether oxygens (including phenoxy) is 2. The number of carbonyl (C=O) groups excluding carboxylic acids is 4. The zero-order valence-electron chi connectivity index (χ0n) is 36.5. The Morgan fingerprint density at radius 1 is 0.770 bits per heavy atom. The van der Waals surface area contributed by atoms with E-state index in [4.69, 9.17) is 19.4 Å². The van der Waals surface area contributed by atoms with Crippen molar-refractivity contribution in [2.75, 3.05) is 27.3 Å². The van der Waals surface area contributed by atoms with Gasteiger partial charge in [-0.2, -0.15) is 0 Å². The van der Waals surface area contributed by atoms with Crippen LogP contribution in [0.4, 0.5) is 9.59 Å². The molecule has 2 aliphatic heterocycles. The van der Waals surface area contributed by atoms with Crippen LogP contribution in [0.3, 0.4) is 0 Å². The molecule has 5 unspecified atom stereocenters. The smallest absolute Gasteiger partial charge is 0.407 e. The van der Waals surface area contributed by atoms with Crippen molar-refractivity contribution in [1.82, 2.24) is 40.4 Å². The first kappa shape index (κ1) is 42.3. The molecule has 326 valence electrons. The number of nitrogens with zero attached hydrogens (tertiary/aromatic N) is 4. The van der Waals surface area contributed by atoms with Gasteiger partial charge < -0.3 is 39.9 Å². The number of nitrogens with one attached hydrogen (secondary N) is 4. The third-order valence-electron chi connectivity index (χ3n) is 14.1. The second kappa shape index (κ2) is 17.5. The maximum atomic E-state index is 13.8. The van der Waals surface area contributed by atoms with Crippen LogP contribution in [0, 0.1) is 11.8 Å². The lowest BCUT2D eigenvalue weighted by atomic mass is 9.75. The van der Waals surface area contributed by atoms with E-state index >= 15 is 0 Å². The Balaban J connectivity index is 1.01. The SMILES string of the molecule is COC(=O)NC(C(=O)N1CCCC1c1ncc(-c2ccc(C3=CCC(c4cnc(C5CCCN5C(=O)C(NC(=O)OC)C(C)C)[nH]4)C=C3)c3c2CCC32CCCC2)[nH]1)C(C)C. The third kappa shape index (κ3) is 8.10. The van der Waals surface area contributed by atoms with Crippen LogP contribution in [0.15, 0.2) is 42.8 Å². The largest absolute Gasteiger partial charge is 0.453 e. The van der Waals surface area contributed by atoms with E-state index in [9.17, 15) is 19.2 Å². The average molecular weight is 835 g/mol. The zero-order valence-corrected chi connectivity index (χ0v) is 36.5. The number of imidazole rings is 2. The van der Waals surface area contributed by atoms with Crippen LogP contribution in [-0.2, 0) is 30.9 Å². The standard InChI is InChI=1S/C47H62N8O6/c1-27(2)39(52-45(58)60-5)43(56)54-23-9-11-36(54)41-48-25-34(50-41)30-15-13-29(14-16-30)31-17-18-32(33-19-22-47(38(31)33)20-7-8-21-47)35-26-49-42(51-35)37-12-10-24-55(37)44(57)40(28(3)4)53-46(59)61-6/h13-15,17-18,25-28,30,36-37,39-40H,7-12,16,19-24H2,1-6H3,(H,48,50)(H,49,51)(H,52,58)(H,53,59). The van der Waals surface area contributed by atoms with Gasteiger partial charge in [-0.1, -0.05) is 70.9 Å². The van der Waals surface area contributed by atoms with Crippen molar-refractivity contribution in [3.05, 3.63) is 76.8 Å². The fraction of sp³-hybridized carbons (Fsp3) is 0.574. The maximum Gasteiger partial charge on any atom is 0.407 e. The highest BCUT2D eigenvalue weighted by Gasteiger charge is 2.45. The van der Waals surface area contributed by atoms with Gasteiger partial charge in [0.2, 0.25) is 11.8 Å². The van der Waals surface area contributed by atoms with Gasteiger partial charge in [-0.25, -0.2) is 19.6 Å². The minimum atomic E-state index is -0.682. The molecule has 3 aromatic rings. The van der Waals surface area contributed by atoms with Crippen molar-refractivity contribution in [3.63, 3.8) is 0 Å². The second-order valence-corrected chi connectivity index (χ2v) is 18.4. The Bertz CT molecular complexity index is 2200. The predicted octanol–water partition coefficient (Wildman–Crippen LogP) is 7.77. The van der Waals surface area contributed by atoms with Crippen LogP contribution in [-0.4, -0.2) is 93.1 Å². The topological polar surface area (TPSA) is 175 Å². The summed E-state index contributed by atoms with van der Waals surface area (Å²) in [5.41, 5.74) is 8.84. The molecule has 1 saturated carbocycles. The van der Waals surface area contributed by atoms with Gasteiger partial charge in [-0.3, -0.25) is 9.59 Å². The first-order chi connectivity index (χ1) is 29.4. The summed E-state index contributed by atoms with van der Waals surface area (Å²) in [5, 5.41) is 5.48. The highest BCUT2D eigenvalue weighted by atomic mass is 16.5. The number of alkyl carbamates (subject to hydrolysis) is 2. The number of rotatable bonds is 11. The summed E-state index contributed by atoms with van der Waals surface area (Å²) in [5.74, 6) is 1.27. The summed E-state index contributed by atoms with van der Waals surface area (Å²) in [7, 11) is 2.62. The van der Waals surface area contributed by atoms with E-state index in [1.807, 2.05) is 49.9 Å². The Kier molecular flexibility index (Phi) is 12.2. The molecular formula is C47H62N8O6. The first-order valence-electron chi connectivity index (χ1n) is 22.4. The molecule has 61 heavy (non-hydrogen) atoms. The van der Waals surface area contributed by atoms with Gasteiger partial charge in [0.1, 0.15) is 23.7 Å². The molecule has 0 bridgehead atoms. The molecule has 8 rings (SSSR count). The van der Waals surface area contributed by atoms with Crippen LogP contribution in [0.5, 0.6) is 0 Å². The van der Waals surface area contributed by atoms with Crippen LogP contribution >= 0.6 is 0 Å². The van der Waals surface area contributed by atoms with E-state index in [2.05, 4.69) is 51.0 Å². The molecule has 4 N–H and O–H groups in total. The van der Waals surface area contributed by atoms with E-state index in [0.29, 0.717) is 13.1 Å². The van der Waals surface area contributed by atoms with Gasteiger partial charge in [-0.05, 0) is 97.3 Å². The van der Waals surface area contributed by atoms with Gasteiger partial charge in [-0.15, -0.1) is 0 Å². The van der Waals surface area contributed by atoms with E-state index in [1.54, 1.807) is 0 Å². The molecule has 3 fully saturated rings. The molecule has 14 nitrogen and oxygen atoms in total. The van der Waals surface area contributed by atoms with Gasteiger partial charge in [0.15, 0.2) is 0 Å². The number of aromatic amines is 2. The summed E-state index contributed by atoms with van der Waals surface area (Å²) in [6, 6.07) is 2.84. The molecule has 2 saturated heterocycles. The van der Waals surface area contributed by atoms with Gasteiger partial charge in [0, 0.05) is 36.5 Å². The summed E-state index contributed by atoms with van der Waals surface area (Å²) in [4.78, 5) is 72.4. The van der Waals surface area contributed by atoms with Gasteiger partial charge in [0.25, 0.3) is 0 Å². The van der Waals surface area contributed by atoms with Crippen molar-refractivity contribution in [2.45, 2.75) is 134 Å². The molecule has 1 spiro atoms. The van der Waals surface area contributed by atoms with Crippen LogP contribution < -0.4 is 10.6 Å². The molecule has 1 aromatic carbocycles. The number of hydrogen-bond donors (Lipinski definition) is 4. The number of allylic oxidation sites excluding steroid dienone is 4. The Labute approximate surface area is 358 Å². The lowest BCUT2D eigenvalue weighted by Gasteiger charge is -2.30. The fourth-order valence-corrected chi connectivity index (χ4v) is 10.8. The number of carbonyl (C=O) groups is 4. The highest BCUT2D eigenvalue weighted by Crippen LogP contribution is 2.55. The number of aromatic nitrogens is 4. The van der Waals surface area contributed by atoms with Crippen molar-refractivity contribution in [3.8, 4) is 11.3 Å². The maximum absolute atomic E-state index is 13.8. The number of likely N-dealkylation sites (tertiary alicyclic amines) is 2. The molecule has 2 aromatic heterocycles. The number of H-pyrrole nitrogens is 2. The van der Waals surface area contributed by atoms with Crippen molar-refractivity contribution in [1.29, 1.82) is 0 Å². The van der Waals surface area contributed by atoms with Crippen LogP contribution in [0.25, 0.3) is 16.8 Å². The summed E-state index contributed by atoms with van der Waals surface area (Å²) in [6.45, 7) is 8.93. The number of methoxy groups -OCH3 is 2. The quantitative estimate of drug-likeness (QED) is 0.152. The minimum Gasteiger partial charge on any atom is -0.453 e. The molecule has 14 heteroatoms. The number of hydrogen-bond acceptors (Lipinski definition) is 8. The van der Waals surface area contributed by atoms with Crippen molar-refractivity contribution >= 4 is 29.6 Å². The Morgan fingerprint density at radius 2 is 1.34 bits per heavy atom. The van der Waals surface area contributed by atoms with Gasteiger partial charge in [0.05, 0.1) is 38.2 Å². The summed E-state index contributed by atoms with van der Waals surface area (Å²) >= 11 is 0. The average Bonchev–Trinajstić information content (AvgIpc) is 4.13. The monoisotopic (exact) mass is 834 g/mol. The van der Waals surface area contributed by atoms with E-state index in [0.717, 1.165) is 68.0 Å². The Morgan fingerprint density at radius 3 is 1.90 bits per heavy atom. The van der Waals surface area contributed by atoms with Crippen LogP contribution in [0.1, 0.15) is 144 Å². The summed E-state index contributed by atoms with van der Waals surface area (Å²) in [6.07, 6.45) is 20.8. The highest BCUT2D eigenvalue weighted by molar-refractivity contribution is 5.87. The van der Waals surface area contributed by atoms with E-state index < -0.39 is 24.3 Å². The minimum absolute atomic E-state index is 0.0952. The molecule has 4 heterocycles. The lowest BCUT2D eigenvalue weighted by molar-refractivity contribution is -0.136. The lowest BCUT2D eigenvalue weighted by Crippen LogP contribution is -2.51. The Hall–Kier alpha value is -5.40. The van der Waals surface area contributed by atoms with Crippen molar-refractivity contribution < 1.29 is 28.7 Å². The number of fused-ring (bicyclic) bond motifs is 2. The predicted molar refractivity (Wildman–Crippen MR) is 231 cm³/mol. The van der Waals surface area contributed by atoms with E-state index in [1.165, 1.54) is 67.7 Å². The van der Waals surface area contributed by atoms with Gasteiger partial charge >= 0.3 is 12.2 Å². The normalized spacial score (nSPS) is 22.8. The van der Waals surface area contributed by atoms with Crippen molar-refractivity contribution in [2.24, 2.45) is 11.8 Å². The molecule has 0 radical (unpaired) electrons. The van der Waals surface area contributed by atoms with E-state index in [-0.39, 0.29) is 47.1 Å². The molecule has 5 atom stereocenters. The number of amides is 4. The molecule has 3 aliphatic carbocycles. The fourth-order valence-electron chi connectivity index (χ4n) is 10.8. The molecule has 5 aliphatic rings. The second-order valence-electron chi connectivity index (χ2n) is 18.4. The first-order valence-corrected chi connectivity index (χ1v) is 22.4. The summed E-state index contributed by atoms with van der Waals surface area (Å²) < 4.78 is 9.63. The zero-order chi connectivity index (χ0) is 43.0. The number of benzene rings is 1. The third-order valence-corrected chi connectivity index (χ3v) is 14.1.